The lowest BCUT2D eigenvalue weighted by atomic mass is 10.2. The summed E-state index contributed by atoms with van der Waals surface area (Å²) < 4.78 is 10.5. The molecule has 0 aliphatic carbocycles. The zero-order valence-electron chi connectivity index (χ0n) is 10.0. The van der Waals surface area contributed by atoms with Crippen molar-refractivity contribution in [1.29, 1.82) is 0 Å². The third-order valence-corrected chi connectivity index (χ3v) is 2.26. The maximum absolute atomic E-state index is 5.67. The molecule has 1 aromatic carbocycles. The molecule has 0 radical (unpaired) electrons. The van der Waals surface area contributed by atoms with Gasteiger partial charge in [-0.05, 0) is 6.07 Å². The Kier molecular flexibility index (Phi) is 6.70. The minimum absolute atomic E-state index is 0.330. The van der Waals surface area contributed by atoms with Gasteiger partial charge in [-0.3, -0.25) is 0 Å². The van der Waals surface area contributed by atoms with Crippen LogP contribution in [0, 0.1) is 0 Å². The van der Waals surface area contributed by atoms with Gasteiger partial charge in [0.05, 0.1) is 6.61 Å². The van der Waals surface area contributed by atoms with Crippen LogP contribution < -0.4 is 10.1 Å². The molecule has 17 heavy (non-hydrogen) atoms. The highest BCUT2D eigenvalue weighted by Gasteiger charge is 2.02. The van der Waals surface area contributed by atoms with E-state index in [9.17, 15) is 0 Å². The maximum atomic E-state index is 5.67. The molecule has 0 aliphatic heterocycles. The molecule has 0 amide bonds. The van der Waals surface area contributed by atoms with Gasteiger partial charge in [-0.2, -0.15) is 0 Å². The Morgan fingerprint density at radius 2 is 2.18 bits per heavy atom. The minimum atomic E-state index is 0.330. The molecular formula is C13H18ClNO2. The van der Waals surface area contributed by atoms with Gasteiger partial charge in [0.25, 0.3) is 0 Å². The molecule has 0 atom stereocenters. The molecule has 3 nitrogen and oxygen atoms in total. The molecule has 0 aromatic heterocycles. The van der Waals surface area contributed by atoms with Gasteiger partial charge < -0.3 is 14.8 Å². The van der Waals surface area contributed by atoms with Gasteiger partial charge in [0.2, 0.25) is 0 Å². The Balaban J connectivity index is 2.48. The number of rotatable bonds is 8. The first-order valence-corrected chi connectivity index (χ1v) is 5.85. The Labute approximate surface area is 107 Å². The van der Waals surface area contributed by atoms with Crippen molar-refractivity contribution in [2.45, 2.75) is 6.54 Å². The second-order valence-electron chi connectivity index (χ2n) is 3.58. The van der Waals surface area contributed by atoms with Gasteiger partial charge in [0.15, 0.2) is 0 Å². The van der Waals surface area contributed by atoms with E-state index in [1.807, 2.05) is 24.3 Å². The van der Waals surface area contributed by atoms with E-state index in [4.69, 9.17) is 21.1 Å². The van der Waals surface area contributed by atoms with Crippen LogP contribution in [0.15, 0.2) is 35.9 Å². The minimum Gasteiger partial charge on any atom is -0.488 e. The van der Waals surface area contributed by atoms with Crippen LogP contribution in [-0.2, 0) is 11.3 Å². The van der Waals surface area contributed by atoms with Crippen molar-refractivity contribution in [1.82, 2.24) is 5.32 Å². The Morgan fingerprint density at radius 1 is 1.41 bits per heavy atom. The maximum Gasteiger partial charge on any atom is 0.124 e. The summed E-state index contributed by atoms with van der Waals surface area (Å²) in [5.74, 6) is 0.833. The molecule has 0 bridgehead atoms. The molecule has 0 spiro atoms. The first-order valence-electron chi connectivity index (χ1n) is 5.47. The van der Waals surface area contributed by atoms with Gasteiger partial charge in [-0.15, -0.1) is 0 Å². The summed E-state index contributed by atoms with van der Waals surface area (Å²) in [4.78, 5) is 0. The molecule has 0 fully saturated rings. The highest BCUT2D eigenvalue weighted by atomic mass is 35.5. The number of hydrogen-bond donors (Lipinski definition) is 1. The van der Waals surface area contributed by atoms with Crippen molar-refractivity contribution in [3.05, 3.63) is 41.4 Å². The van der Waals surface area contributed by atoms with Gasteiger partial charge in [0.1, 0.15) is 12.4 Å². The van der Waals surface area contributed by atoms with Crippen molar-refractivity contribution >= 4 is 11.6 Å². The van der Waals surface area contributed by atoms with E-state index in [0.29, 0.717) is 18.2 Å². The second kappa shape index (κ2) is 8.12. The van der Waals surface area contributed by atoms with Gasteiger partial charge in [0, 0.05) is 30.8 Å². The van der Waals surface area contributed by atoms with Gasteiger partial charge in [-0.1, -0.05) is 36.4 Å². The SMILES string of the molecule is C=C(Cl)COc1ccccc1CNCCOC. The van der Waals surface area contributed by atoms with E-state index in [1.165, 1.54) is 0 Å². The molecule has 0 heterocycles. The quantitative estimate of drug-likeness (QED) is 0.725. The number of methoxy groups -OCH3 is 1. The predicted molar refractivity (Wildman–Crippen MR) is 70.5 cm³/mol. The lowest BCUT2D eigenvalue weighted by molar-refractivity contribution is 0.199. The van der Waals surface area contributed by atoms with Crippen LogP contribution in [0.4, 0.5) is 0 Å². The molecule has 0 unspecified atom stereocenters. The van der Waals surface area contributed by atoms with E-state index in [1.54, 1.807) is 7.11 Å². The van der Waals surface area contributed by atoms with Crippen LogP contribution >= 0.6 is 11.6 Å². The lowest BCUT2D eigenvalue weighted by Crippen LogP contribution is -2.19. The smallest absolute Gasteiger partial charge is 0.124 e. The van der Waals surface area contributed by atoms with Crippen LogP contribution in [0.25, 0.3) is 0 Å². The van der Waals surface area contributed by atoms with E-state index in [0.717, 1.165) is 24.4 Å². The van der Waals surface area contributed by atoms with Gasteiger partial charge >= 0.3 is 0 Å². The number of hydrogen-bond acceptors (Lipinski definition) is 3. The lowest BCUT2D eigenvalue weighted by Gasteiger charge is -2.11. The average Bonchev–Trinajstić information content (AvgIpc) is 2.33. The molecular weight excluding hydrogens is 238 g/mol. The molecule has 1 rings (SSSR count). The Hall–Kier alpha value is -1.03. The Bertz CT molecular complexity index is 355. The monoisotopic (exact) mass is 255 g/mol. The van der Waals surface area contributed by atoms with E-state index < -0.39 is 0 Å². The molecule has 94 valence electrons. The van der Waals surface area contributed by atoms with E-state index >= 15 is 0 Å². The second-order valence-corrected chi connectivity index (χ2v) is 4.12. The third-order valence-electron chi connectivity index (χ3n) is 2.16. The van der Waals surface area contributed by atoms with E-state index in [-0.39, 0.29) is 0 Å². The van der Waals surface area contributed by atoms with Crippen LogP contribution in [0.3, 0.4) is 0 Å². The normalized spacial score (nSPS) is 10.2. The summed E-state index contributed by atoms with van der Waals surface area (Å²) >= 11 is 5.67. The van der Waals surface area contributed by atoms with Crippen LogP contribution in [0.1, 0.15) is 5.56 Å². The number of para-hydroxylation sites is 1. The van der Waals surface area contributed by atoms with Crippen LogP contribution in [0.2, 0.25) is 0 Å². The van der Waals surface area contributed by atoms with Crippen molar-refractivity contribution < 1.29 is 9.47 Å². The van der Waals surface area contributed by atoms with Crippen LogP contribution in [-0.4, -0.2) is 26.9 Å². The largest absolute Gasteiger partial charge is 0.488 e. The molecule has 4 heteroatoms. The molecule has 1 N–H and O–H groups in total. The highest BCUT2D eigenvalue weighted by molar-refractivity contribution is 6.29. The third kappa shape index (κ3) is 5.73. The zero-order chi connectivity index (χ0) is 12.5. The van der Waals surface area contributed by atoms with E-state index in [2.05, 4.69) is 11.9 Å². The fourth-order valence-electron chi connectivity index (χ4n) is 1.34. The molecule has 0 saturated carbocycles. The summed E-state index contributed by atoms with van der Waals surface area (Å²) in [6.45, 7) is 6.18. The molecule has 0 saturated heterocycles. The summed E-state index contributed by atoms with van der Waals surface area (Å²) in [5, 5.41) is 3.76. The van der Waals surface area contributed by atoms with Crippen LogP contribution in [0.5, 0.6) is 5.75 Å². The highest BCUT2D eigenvalue weighted by Crippen LogP contribution is 2.18. The zero-order valence-corrected chi connectivity index (χ0v) is 10.8. The summed E-state index contributed by atoms with van der Waals surface area (Å²) in [5.41, 5.74) is 1.10. The van der Waals surface area contributed by atoms with Crippen molar-refractivity contribution in [3.63, 3.8) is 0 Å². The first-order chi connectivity index (χ1) is 8.24. The molecule has 0 aliphatic rings. The standard InChI is InChI=1S/C13H18ClNO2/c1-11(14)10-17-13-6-4-3-5-12(13)9-15-7-8-16-2/h3-6,15H,1,7-10H2,2H3. The summed E-state index contributed by atoms with van der Waals surface area (Å²) in [6.07, 6.45) is 0. The Morgan fingerprint density at radius 3 is 2.88 bits per heavy atom. The predicted octanol–water partition coefficient (Wildman–Crippen LogP) is 2.55. The fourth-order valence-corrected chi connectivity index (χ4v) is 1.40. The summed E-state index contributed by atoms with van der Waals surface area (Å²) in [7, 11) is 1.69. The van der Waals surface area contributed by atoms with Gasteiger partial charge in [-0.25, -0.2) is 0 Å². The van der Waals surface area contributed by atoms with Crippen molar-refractivity contribution in [2.24, 2.45) is 0 Å². The summed E-state index contributed by atoms with van der Waals surface area (Å²) in [6, 6.07) is 7.86. The number of halogens is 1. The van der Waals surface area contributed by atoms with Crippen molar-refractivity contribution in [3.8, 4) is 5.75 Å². The average molecular weight is 256 g/mol. The first kappa shape index (κ1) is 14.0. The fraction of sp³-hybridized carbons (Fsp3) is 0.385. The number of benzene rings is 1. The number of nitrogens with one attached hydrogen (secondary N) is 1. The molecule has 1 aromatic rings. The van der Waals surface area contributed by atoms with Crippen molar-refractivity contribution in [2.75, 3.05) is 26.9 Å². The topological polar surface area (TPSA) is 30.5 Å². The number of ether oxygens (including phenoxy) is 2.